The first-order valence-electron chi connectivity index (χ1n) is 7.66. The number of nitrogens with one attached hydrogen (secondary N) is 1. The number of nitrogens with zero attached hydrogens (tertiary/aromatic N) is 1. The summed E-state index contributed by atoms with van der Waals surface area (Å²) < 4.78 is 32.1. The maximum absolute atomic E-state index is 13.0. The maximum atomic E-state index is 13.0. The third-order valence-corrected chi connectivity index (χ3v) is 5.89. The van der Waals surface area contributed by atoms with Crippen LogP contribution in [-0.2, 0) is 19.6 Å². The molecule has 140 valence electrons. The molecule has 1 atom stereocenters. The number of benzene rings is 1. The van der Waals surface area contributed by atoms with E-state index in [-0.39, 0.29) is 23.9 Å². The van der Waals surface area contributed by atoms with E-state index in [4.69, 9.17) is 4.74 Å². The second kappa shape index (κ2) is 8.30. The Kier molecular flexibility index (Phi) is 6.95. The minimum atomic E-state index is -4.08. The SMILES string of the molecule is COc1cc(C)c(S(=O)(=O)N(CCNC(C)=O)C(C)C(=O)O)cc1C. The van der Waals surface area contributed by atoms with Crippen LogP contribution in [-0.4, -0.2) is 55.9 Å². The molecule has 0 saturated heterocycles. The van der Waals surface area contributed by atoms with E-state index in [0.717, 1.165) is 4.31 Å². The number of hydrogen-bond donors (Lipinski definition) is 2. The average Bonchev–Trinajstić information content (AvgIpc) is 2.51. The van der Waals surface area contributed by atoms with Gasteiger partial charge in [0, 0.05) is 20.0 Å². The lowest BCUT2D eigenvalue weighted by molar-refractivity contribution is -0.140. The number of rotatable bonds is 8. The predicted molar refractivity (Wildman–Crippen MR) is 92.1 cm³/mol. The number of sulfonamides is 1. The Bertz CT molecular complexity index is 760. The van der Waals surface area contributed by atoms with Crippen molar-refractivity contribution < 1.29 is 27.9 Å². The molecule has 0 aliphatic heterocycles. The van der Waals surface area contributed by atoms with E-state index in [1.54, 1.807) is 19.9 Å². The highest BCUT2D eigenvalue weighted by Crippen LogP contribution is 2.28. The van der Waals surface area contributed by atoms with Crippen molar-refractivity contribution in [3.05, 3.63) is 23.3 Å². The monoisotopic (exact) mass is 372 g/mol. The number of amides is 1. The zero-order valence-corrected chi connectivity index (χ0v) is 15.8. The molecule has 1 rings (SSSR count). The first-order chi connectivity index (χ1) is 11.5. The number of methoxy groups -OCH3 is 1. The van der Waals surface area contributed by atoms with E-state index in [9.17, 15) is 23.1 Å². The summed E-state index contributed by atoms with van der Waals surface area (Å²) in [5.74, 6) is -1.04. The van der Waals surface area contributed by atoms with Gasteiger partial charge in [-0.25, -0.2) is 8.42 Å². The van der Waals surface area contributed by atoms with Gasteiger partial charge in [-0.3, -0.25) is 9.59 Å². The Balaban J connectivity index is 3.33. The average molecular weight is 372 g/mol. The molecular weight excluding hydrogens is 348 g/mol. The summed E-state index contributed by atoms with van der Waals surface area (Å²) in [6.07, 6.45) is 0. The van der Waals surface area contributed by atoms with Gasteiger partial charge in [0.15, 0.2) is 0 Å². The maximum Gasteiger partial charge on any atom is 0.321 e. The molecule has 0 aliphatic carbocycles. The van der Waals surface area contributed by atoms with Gasteiger partial charge >= 0.3 is 5.97 Å². The molecule has 0 aliphatic rings. The molecule has 1 aromatic carbocycles. The van der Waals surface area contributed by atoms with Gasteiger partial charge in [-0.2, -0.15) is 4.31 Å². The topological polar surface area (TPSA) is 113 Å². The Hall–Kier alpha value is -2.13. The summed E-state index contributed by atoms with van der Waals surface area (Å²) in [6, 6.07) is 1.78. The van der Waals surface area contributed by atoms with Crippen LogP contribution in [0.25, 0.3) is 0 Å². The van der Waals surface area contributed by atoms with Crippen molar-refractivity contribution in [2.45, 2.75) is 38.6 Å². The number of carbonyl (C=O) groups is 2. The number of carboxylic acids is 1. The highest BCUT2D eigenvalue weighted by atomic mass is 32.2. The van der Waals surface area contributed by atoms with Crippen LogP contribution in [0.1, 0.15) is 25.0 Å². The fourth-order valence-corrected chi connectivity index (χ4v) is 4.26. The number of carbonyl (C=O) groups excluding carboxylic acids is 1. The molecule has 0 heterocycles. The number of carboxylic acid groups (broad SMARTS) is 1. The van der Waals surface area contributed by atoms with Gasteiger partial charge in [0.2, 0.25) is 15.9 Å². The molecule has 0 fully saturated rings. The Morgan fingerprint density at radius 1 is 1.28 bits per heavy atom. The van der Waals surface area contributed by atoms with Crippen LogP contribution < -0.4 is 10.1 Å². The summed E-state index contributed by atoms with van der Waals surface area (Å²) in [5.41, 5.74) is 1.07. The Morgan fingerprint density at radius 2 is 1.88 bits per heavy atom. The summed E-state index contributed by atoms with van der Waals surface area (Å²) in [4.78, 5) is 22.4. The van der Waals surface area contributed by atoms with Gasteiger partial charge in [0.1, 0.15) is 11.8 Å². The van der Waals surface area contributed by atoms with Gasteiger partial charge in [0.25, 0.3) is 0 Å². The smallest absolute Gasteiger partial charge is 0.321 e. The molecule has 2 N–H and O–H groups in total. The molecule has 0 radical (unpaired) electrons. The number of hydrogen-bond acceptors (Lipinski definition) is 5. The first-order valence-corrected chi connectivity index (χ1v) is 9.10. The van der Waals surface area contributed by atoms with Gasteiger partial charge in [0.05, 0.1) is 12.0 Å². The fraction of sp³-hybridized carbons (Fsp3) is 0.500. The van der Waals surface area contributed by atoms with Gasteiger partial charge in [-0.1, -0.05) is 0 Å². The van der Waals surface area contributed by atoms with Gasteiger partial charge in [-0.15, -0.1) is 0 Å². The van der Waals surface area contributed by atoms with Crippen molar-refractivity contribution >= 4 is 21.9 Å². The minimum Gasteiger partial charge on any atom is -0.496 e. The van der Waals surface area contributed by atoms with Crippen molar-refractivity contribution in [2.75, 3.05) is 20.2 Å². The fourth-order valence-electron chi connectivity index (χ4n) is 2.37. The van der Waals surface area contributed by atoms with Crippen LogP contribution in [0.2, 0.25) is 0 Å². The number of aryl methyl sites for hydroxylation is 2. The van der Waals surface area contributed by atoms with Crippen molar-refractivity contribution in [3.8, 4) is 5.75 Å². The molecule has 25 heavy (non-hydrogen) atoms. The molecule has 0 spiro atoms. The summed E-state index contributed by atoms with van der Waals surface area (Å²) >= 11 is 0. The minimum absolute atomic E-state index is 0.0143. The van der Waals surface area contributed by atoms with Crippen molar-refractivity contribution in [1.29, 1.82) is 0 Å². The molecular formula is C16H24N2O6S. The lowest BCUT2D eigenvalue weighted by atomic mass is 10.1. The van der Waals surface area contributed by atoms with Gasteiger partial charge in [-0.05, 0) is 44.0 Å². The van der Waals surface area contributed by atoms with Crippen molar-refractivity contribution in [1.82, 2.24) is 9.62 Å². The molecule has 0 saturated carbocycles. The summed E-state index contributed by atoms with van der Waals surface area (Å²) in [6.45, 7) is 5.78. The van der Waals surface area contributed by atoms with E-state index in [2.05, 4.69) is 5.32 Å². The zero-order chi connectivity index (χ0) is 19.4. The summed E-state index contributed by atoms with van der Waals surface area (Å²) in [5, 5.41) is 11.7. The quantitative estimate of drug-likeness (QED) is 0.701. The predicted octanol–water partition coefficient (Wildman–Crippen LogP) is 0.912. The highest BCUT2D eigenvalue weighted by Gasteiger charge is 2.34. The molecule has 0 bridgehead atoms. The third-order valence-electron chi connectivity index (χ3n) is 3.77. The normalized spacial score (nSPS) is 12.7. The van der Waals surface area contributed by atoms with Gasteiger partial charge < -0.3 is 15.2 Å². The molecule has 8 nitrogen and oxygen atoms in total. The molecule has 1 unspecified atom stereocenters. The van der Waals surface area contributed by atoms with Crippen LogP contribution in [0.3, 0.4) is 0 Å². The lowest BCUT2D eigenvalue weighted by Gasteiger charge is -2.27. The lowest BCUT2D eigenvalue weighted by Crippen LogP contribution is -2.46. The molecule has 0 aromatic heterocycles. The van der Waals surface area contributed by atoms with E-state index in [1.807, 2.05) is 0 Å². The van der Waals surface area contributed by atoms with E-state index < -0.39 is 22.0 Å². The largest absolute Gasteiger partial charge is 0.496 e. The van der Waals surface area contributed by atoms with Crippen LogP contribution in [0.15, 0.2) is 17.0 Å². The zero-order valence-electron chi connectivity index (χ0n) is 15.0. The molecule has 1 aromatic rings. The second-order valence-electron chi connectivity index (χ2n) is 5.70. The van der Waals surface area contributed by atoms with Crippen LogP contribution in [0, 0.1) is 13.8 Å². The molecule has 1 amide bonds. The highest BCUT2D eigenvalue weighted by molar-refractivity contribution is 7.89. The number of aliphatic carboxylic acids is 1. The number of ether oxygens (including phenoxy) is 1. The van der Waals surface area contributed by atoms with E-state index in [0.29, 0.717) is 16.9 Å². The standard InChI is InChI=1S/C16H24N2O6S/c1-10-9-15(11(2)8-14(10)24-5)25(22,23)18(12(3)16(20)21)7-6-17-13(4)19/h8-9,12H,6-7H2,1-5H3,(H,17,19)(H,20,21). The third kappa shape index (κ3) is 4.93. The first kappa shape index (κ1) is 20.9. The molecule has 9 heteroatoms. The van der Waals surface area contributed by atoms with Crippen LogP contribution in [0.4, 0.5) is 0 Å². The second-order valence-corrected chi connectivity index (χ2v) is 7.56. The van der Waals surface area contributed by atoms with E-state index >= 15 is 0 Å². The summed E-state index contributed by atoms with van der Waals surface area (Å²) in [7, 11) is -2.59. The van der Waals surface area contributed by atoms with E-state index in [1.165, 1.54) is 27.0 Å². The van der Waals surface area contributed by atoms with Crippen LogP contribution in [0.5, 0.6) is 5.75 Å². The van der Waals surface area contributed by atoms with Crippen molar-refractivity contribution in [2.24, 2.45) is 0 Å². The Labute approximate surface area is 147 Å². The van der Waals surface area contributed by atoms with Crippen LogP contribution >= 0.6 is 0 Å². The van der Waals surface area contributed by atoms with Crippen molar-refractivity contribution in [3.63, 3.8) is 0 Å². The Morgan fingerprint density at radius 3 is 2.36 bits per heavy atom.